The Hall–Kier alpha value is -5.17. The Kier molecular flexibility index (Phi) is 14.5. The molecule has 2 fully saturated rings. The second-order valence-corrected chi connectivity index (χ2v) is 15.2. The van der Waals surface area contributed by atoms with E-state index >= 15 is 0 Å². The number of fused-ring (bicyclic) bond motifs is 1. The van der Waals surface area contributed by atoms with Gasteiger partial charge in [0.1, 0.15) is 0 Å². The summed E-state index contributed by atoms with van der Waals surface area (Å²) < 4.78 is 51.9. The second-order valence-electron chi connectivity index (χ2n) is 13.0. The molecule has 19 heteroatoms. The van der Waals surface area contributed by atoms with Gasteiger partial charge in [0.2, 0.25) is 5.88 Å². The van der Waals surface area contributed by atoms with E-state index in [1.165, 1.54) is 70.0 Å². The summed E-state index contributed by atoms with van der Waals surface area (Å²) >= 11 is 6.48. The van der Waals surface area contributed by atoms with Gasteiger partial charge in [-0.1, -0.05) is 11.6 Å². The predicted octanol–water partition coefficient (Wildman–Crippen LogP) is 3.77. The molecule has 0 spiro atoms. The van der Waals surface area contributed by atoms with Crippen LogP contribution >= 0.6 is 11.6 Å². The summed E-state index contributed by atoms with van der Waals surface area (Å²) in [7, 11) is 1.65. The number of methoxy groups -OCH3 is 3. The number of anilines is 1. The number of ether oxygens (including phenoxy) is 4. The fourth-order valence-electron chi connectivity index (χ4n) is 6.72. The highest BCUT2D eigenvalue weighted by Gasteiger charge is 2.61. The van der Waals surface area contributed by atoms with E-state index in [2.05, 4.69) is 21.8 Å². The molecule has 3 aliphatic heterocycles. The minimum Gasteiger partial charge on any atom is -0.493 e. The molecule has 1 atom stereocenters. The van der Waals surface area contributed by atoms with Gasteiger partial charge in [-0.05, 0) is 75.4 Å². The molecular formula is C37H46ClN5O12S. The third kappa shape index (κ3) is 9.43. The third-order valence-corrected chi connectivity index (χ3v) is 11.2. The van der Waals surface area contributed by atoms with Gasteiger partial charge in [0.25, 0.3) is 33.5 Å². The minimum absolute atomic E-state index is 0.0259. The molecule has 3 aliphatic rings. The smallest absolute Gasteiger partial charge is 0.411 e. The highest BCUT2D eigenvalue weighted by Crippen LogP contribution is 2.52. The molecule has 2 N–H and O–H groups in total. The van der Waals surface area contributed by atoms with Crippen molar-refractivity contribution in [2.45, 2.75) is 43.2 Å². The van der Waals surface area contributed by atoms with Crippen molar-refractivity contribution in [2.24, 2.45) is 0 Å². The molecule has 4 heterocycles. The number of amides is 2. The minimum atomic E-state index is -4.63. The Balaban J connectivity index is 0.000000795. The number of aliphatic carboxylic acids is 2. The standard InChI is InChI=1S/C33H38ClN5O8S.2C2H4O2/c1-36-14-11-23(12-15-36)37-16-18-38(19-17-37)32(41)47-33(25-6-5-13-35-30(25)46-4)26-20-22(34)7-9-27(26)39(31(33)40)48(42,43)24-8-10-28(44-2)29(21-24)45-3;2*1-2(3)4/h5-10,13,20-21,23H,11-12,14-19H2,1-4H3;2*1H3,(H,3,4). The highest BCUT2D eigenvalue weighted by atomic mass is 35.5. The summed E-state index contributed by atoms with van der Waals surface area (Å²) in [6, 6.07) is 11.8. The van der Waals surface area contributed by atoms with Crippen LogP contribution < -0.4 is 18.5 Å². The number of rotatable bonds is 8. The van der Waals surface area contributed by atoms with Crippen molar-refractivity contribution in [1.82, 2.24) is 19.7 Å². The number of benzene rings is 2. The van der Waals surface area contributed by atoms with E-state index in [4.69, 9.17) is 50.4 Å². The lowest BCUT2D eigenvalue weighted by atomic mass is 9.87. The molecular weight excluding hydrogens is 774 g/mol. The molecule has 2 amide bonds. The monoisotopic (exact) mass is 819 g/mol. The molecule has 56 heavy (non-hydrogen) atoms. The van der Waals surface area contributed by atoms with Crippen LogP contribution in [0.3, 0.4) is 0 Å². The molecule has 3 aromatic rings. The number of carbonyl (C=O) groups excluding carboxylic acids is 2. The van der Waals surface area contributed by atoms with Gasteiger partial charge in [0.15, 0.2) is 11.5 Å². The maximum absolute atomic E-state index is 14.9. The molecule has 304 valence electrons. The number of hydrogen-bond donors (Lipinski definition) is 2. The van der Waals surface area contributed by atoms with Crippen LogP contribution in [-0.2, 0) is 34.7 Å². The molecule has 17 nitrogen and oxygen atoms in total. The van der Waals surface area contributed by atoms with Crippen LogP contribution in [0.15, 0.2) is 59.6 Å². The van der Waals surface area contributed by atoms with Gasteiger partial charge in [-0.2, -0.15) is 4.31 Å². The average Bonchev–Trinajstić information content (AvgIpc) is 3.41. The summed E-state index contributed by atoms with van der Waals surface area (Å²) in [5.74, 6) is -2.30. The first-order valence-corrected chi connectivity index (χ1v) is 19.2. The van der Waals surface area contributed by atoms with Crippen LogP contribution in [0.1, 0.15) is 37.8 Å². The van der Waals surface area contributed by atoms with Gasteiger partial charge in [-0.3, -0.25) is 19.3 Å². The molecule has 1 aromatic heterocycles. The quantitative estimate of drug-likeness (QED) is 0.332. The Morgan fingerprint density at radius 2 is 1.45 bits per heavy atom. The Morgan fingerprint density at radius 1 is 0.839 bits per heavy atom. The van der Waals surface area contributed by atoms with Crippen molar-refractivity contribution in [3.05, 3.63) is 70.9 Å². The first-order chi connectivity index (χ1) is 26.5. The first-order valence-electron chi connectivity index (χ1n) is 17.4. The number of nitrogens with zero attached hydrogens (tertiary/aromatic N) is 5. The Labute approximate surface area is 330 Å². The van der Waals surface area contributed by atoms with Gasteiger partial charge in [-0.25, -0.2) is 18.2 Å². The SMILES string of the molecule is CC(=O)O.CC(=O)O.COc1ccc(S(=O)(=O)N2C(=O)C(OC(=O)N3CCN(C4CCN(C)CC4)CC3)(c3cccnc3OC)c3cc(Cl)ccc32)cc1OC. The van der Waals surface area contributed by atoms with Gasteiger partial charge < -0.3 is 39.0 Å². The van der Waals surface area contributed by atoms with Gasteiger partial charge in [0.05, 0.1) is 37.5 Å². The zero-order valence-corrected chi connectivity index (χ0v) is 33.5. The molecule has 2 saturated heterocycles. The fourth-order valence-corrected chi connectivity index (χ4v) is 8.36. The Bertz CT molecular complexity index is 2000. The number of hydrogen-bond acceptors (Lipinski definition) is 13. The van der Waals surface area contributed by atoms with Crippen LogP contribution in [0.25, 0.3) is 0 Å². The van der Waals surface area contributed by atoms with E-state index in [0.29, 0.717) is 42.3 Å². The van der Waals surface area contributed by atoms with Gasteiger partial charge in [0, 0.05) is 68.9 Å². The second kappa shape index (κ2) is 18.6. The molecule has 0 saturated carbocycles. The van der Waals surface area contributed by atoms with E-state index in [1.54, 1.807) is 11.0 Å². The zero-order chi connectivity index (χ0) is 41.4. The molecule has 2 aromatic carbocycles. The lowest BCUT2D eigenvalue weighted by Crippen LogP contribution is -2.55. The van der Waals surface area contributed by atoms with Crippen molar-refractivity contribution in [3.63, 3.8) is 0 Å². The first kappa shape index (κ1) is 43.6. The van der Waals surface area contributed by atoms with Crippen LogP contribution in [-0.4, -0.2) is 136 Å². The molecule has 1 unspecified atom stereocenters. The molecule has 0 bridgehead atoms. The van der Waals surface area contributed by atoms with Crippen molar-refractivity contribution in [3.8, 4) is 17.4 Å². The van der Waals surface area contributed by atoms with E-state index in [0.717, 1.165) is 39.8 Å². The fraction of sp³-hybridized carbons (Fsp3) is 0.432. The van der Waals surface area contributed by atoms with Crippen molar-refractivity contribution >= 4 is 51.3 Å². The largest absolute Gasteiger partial charge is 0.493 e. The Morgan fingerprint density at radius 3 is 2.02 bits per heavy atom. The number of carboxylic acid groups (broad SMARTS) is 2. The van der Waals surface area contributed by atoms with E-state index < -0.39 is 39.6 Å². The zero-order valence-electron chi connectivity index (χ0n) is 31.9. The summed E-state index contributed by atoms with van der Waals surface area (Å²) in [5, 5.41) is 15.0. The number of piperidine rings is 1. The van der Waals surface area contributed by atoms with Crippen LogP contribution in [0.4, 0.5) is 10.5 Å². The summed E-state index contributed by atoms with van der Waals surface area (Å²) in [5.41, 5.74) is -2.26. The maximum Gasteiger partial charge on any atom is 0.411 e. The average molecular weight is 820 g/mol. The lowest BCUT2D eigenvalue weighted by Gasteiger charge is -2.42. The summed E-state index contributed by atoms with van der Waals surface area (Å²) in [6.45, 7) is 6.24. The van der Waals surface area contributed by atoms with Crippen LogP contribution in [0, 0.1) is 0 Å². The normalized spacial score (nSPS) is 18.7. The number of aromatic nitrogens is 1. The third-order valence-electron chi connectivity index (χ3n) is 9.30. The molecule has 0 aliphatic carbocycles. The van der Waals surface area contributed by atoms with E-state index in [1.807, 2.05) is 0 Å². The molecule has 6 rings (SSSR count). The summed E-state index contributed by atoms with van der Waals surface area (Å²) in [6.07, 6.45) is 2.78. The summed E-state index contributed by atoms with van der Waals surface area (Å²) in [4.78, 5) is 57.3. The number of carboxylic acids is 2. The van der Waals surface area contributed by atoms with Gasteiger partial charge >= 0.3 is 6.09 Å². The highest BCUT2D eigenvalue weighted by molar-refractivity contribution is 7.93. The van der Waals surface area contributed by atoms with E-state index in [9.17, 15) is 18.0 Å². The topological polar surface area (TPSA) is 206 Å². The van der Waals surface area contributed by atoms with Crippen molar-refractivity contribution < 1.29 is 56.8 Å². The number of sulfonamides is 1. The maximum atomic E-state index is 14.9. The van der Waals surface area contributed by atoms with Gasteiger partial charge in [-0.15, -0.1) is 0 Å². The number of likely N-dealkylation sites (tertiary alicyclic amines) is 1. The van der Waals surface area contributed by atoms with E-state index in [-0.39, 0.29) is 38.4 Å². The molecule has 0 radical (unpaired) electrons. The number of pyridine rings is 1. The van der Waals surface area contributed by atoms with Crippen molar-refractivity contribution in [2.75, 3.05) is 72.0 Å². The number of halogens is 1. The van der Waals surface area contributed by atoms with Crippen molar-refractivity contribution in [1.29, 1.82) is 0 Å². The number of carbonyl (C=O) groups is 4. The predicted molar refractivity (Wildman–Crippen MR) is 204 cm³/mol. The van der Waals surface area contributed by atoms with Crippen LogP contribution in [0.2, 0.25) is 5.02 Å². The number of piperazine rings is 1. The van der Waals surface area contributed by atoms with Crippen LogP contribution in [0.5, 0.6) is 17.4 Å². The lowest BCUT2D eigenvalue weighted by molar-refractivity contribution is -0.135.